The first kappa shape index (κ1) is 11.9. The molecule has 96 valence electrons. The Morgan fingerprint density at radius 2 is 2.16 bits per heavy atom. The topological polar surface area (TPSA) is 63.8 Å². The van der Waals surface area contributed by atoms with E-state index in [1.807, 2.05) is 17.5 Å². The average molecular weight is 274 g/mol. The van der Waals surface area contributed by atoms with E-state index < -0.39 is 0 Å². The third-order valence-corrected chi connectivity index (χ3v) is 3.50. The minimum absolute atomic E-state index is 0.233. The fourth-order valence-electron chi connectivity index (χ4n) is 1.84. The number of halogens is 1. The Labute approximate surface area is 113 Å². The van der Waals surface area contributed by atoms with E-state index in [1.165, 1.54) is 23.5 Å². The first-order chi connectivity index (χ1) is 9.22. The third kappa shape index (κ3) is 2.48. The second-order valence-corrected chi connectivity index (χ2v) is 4.95. The van der Waals surface area contributed by atoms with Crippen molar-refractivity contribution in [1.82, 2.24) is 9.97 Å². The Kier molecular flexibility index (Phi) is 3.00. The van der Waals surface area contributed by atoms with Gasteiger partial charge in [-0.3, -0.25) is 0 Å². The number of nitrogens with one attached hydrogen (secondary N) is 1. The minimum Gasteiger partial charge on any atom is -0.368 e. The molecular weight excluding hydrogens is 263 g/mol. The van der Waals surface area contributed by atoms with E-state index in [0.717, 1.165) is 15.8 Å². The fraction of sp³-hybridized carbons (Fsp3) is 0.0769. The van der Waals surface area contributed by atoms with Gasteiger partial charge in [-0.15, -0.1) is 11.3 Å². The lowest BCUT2D eigenvalue weighted by Crippen LogP contribution is -2.04. The van der Waals surface area contributed by atoms with Gasteiger partial charge in [0.1, 0.15) is 16.5 Å². The molecule has 0 aliphatic rings. The molecule has 0 saturated heterocycles. The average Bonchev–Trinajstić information content (AvgIpc) is 2.84. The highest BCUT2D eigenvalue weighted by Gasteiger charge is 2.07. The normalized spacial score (nSPS) is 10.8. The maximum absolute atomic E-state index is 13.1. The molecule has 3 rings (SSSR count). The van der Waals surface area contributed by atoms with E-state index in [9.17, 15) is 4.39 Å². The monoisotopic (exact) mass is 274 g/mol. The van der Waals surface area contributed by atoms with Crippen molar-refractivity contribution in [3.63, 3.8) is 0 Å². The summed E-state index contributed by atoms with van der Waals surface area (Å²) in [4.78, 5) is 9.17. The molecular formula is C13H11FN4S. The Morgan fingerprint density at radius 3 is 3.00 bits per heavy atom. The second kappa shape index (κ2) is 4.81. The largest absolute Gasteiger partial charge is 0.368 e. The van der Waals surface area contributed by atoms with Crippen LogP contribution < -0.4 is 11.1 Å². The zero-order valence-corrected chi connectivity index (χ0v) is 10.7. The zero-order chi connectivity index (χ0) is 13.2. The van der Waals surface area contributed by atoms with E-state index in [0.29, 0.717) is 12.4 Å². The molecule has 0 unspecified atom stereocenters. The molecule has 0 saturated carbocycles. The smallest absolute Gasteiger partial charge is 0.223 e. The van der Waals surface area contributed by atoms with Crippen molar-refractivity contribution in [3.05, 3.63) is 47.1 Å². The number of thiophene rings is 1. The Balaban J connectivity index is 1.87. The SMILES string of the molecule is Nc1nc(NCc2cccc(F)c2)c2ccsc2n1. The van der Waals surface area contributed by atoms with Crippen molar-refractivity contribution >= 4 is 33.3 Å². The summed E-state index contributed by atoms with van der Waals surface area (Å²) in [5.74, 6) is 0.659. The number of hydrogen-bond acceptors (Lipinski definition) is 5. The molecule has 0 aliphatic heterocycles. The number of anilines is 2. The number of rotatable bonds is 3. The maximum Gasteiger partial charge on any atom is 0.223 e. The van der Waals surface area contributed by atoms with E-state index in [1.54, 1.807) is 6.07 Å². The van der Waals surface area contributed by atoms with Crippen LogP contribution in [0.4, 0.5) is 16.2 Å². The quantitative estimate of drug-likeness (QED) is 0.770. The van der Waals surface area contributed by atoms with Crippen molar-refractivity contribution in [1.29, 1.82) is 0 Å². The van der Waals surface area contributed by atoms with Crippen LogP contribution >= 0.6 is 11.3 Å². The number of nitrogens with zero attached hydrogens (tertiary/aromatic N) is 2. The highest BCUT2D eigenvalue weighted by atomic mass is 32.1. The number of aromatic nitrogens is 2. The van der Waals surface area contributed by atoms with Crippen LogP contribution in [0.25, 0.3) is 10.2 Å². The first-order valence-electron chi connectivity index (χ1n) is 5.71. The van der Waals surface area contributed by atoms with Crippen LogP contribution in [-0.2, 0) is 6.54 Å². The summed E-state index contributed by atoms with van der Waals surface area (Å²) in [7, 11) is 0. The molecule has 2 heterocycles. The van der Waals surface area contributed by atoms with Crippen LogP contribution in [0.1, 0.15) is 5.56 Å². The Bertz CT molecular complexity index is 725. The molecule has 0 atom stereocenters. The van der Waals surface area contributed by atoms with Crippen molar-refractivity contribution in [2.75, 3.05) is 11.1 Å². The van der Waals surface area contributed by atoms with Gasteiger partial charge in [-0.2, -0.15) is 4.98 Å². The summed E-state index contributed by atoms with van der Waals surface area (Å²) in [6.07, 6.45) is 0. The number of benzene rings is 1. The van der Waals surface area contributed by atoms with Gasteiger partial charge in [0.15, 0.2) is 0 Å². The van der Waals surface area contributed by atoms with Crippen LogP contribution in [-0.4, -0.2) is 9.97 Å². The highest BCUT2D eigenvalue weighted by Crippen LogP contribution is 2.25. The lowest BCUT2D eigenvalue weighted by Gasteiger charge is -2.07. The predicted octanol–water partition coefficient (Wildman–Crippen LogP) is 3.02. The molecule has 3 aromatic rings. The number of hydrogen-bond donors (Lipinski definition) is 2. The van der Waals surface area contributed by atoms with Gasteiger partial charge in [0, 0.05) is 6.54 Å². The van der Waals surface area contributed by atoms with Crippen molar-refractivity contribution in [2.45, 2.75) is 6.54 Å². The van der Waals surface area contributed by atoms with E-state index in [4.69, 9.17) is 5.73 Å². The van der Waals surface area contributed by atoms with E-state index in [-0.39, 0.29) is 11.8 Å². The Hall–Kier alpha value is -2.21. The van der Waals surface area contributed by atoms with Crippen molar-refractivity contribution < 1.29 is 4.39 Å². The van der Waals surface area contributed by atoms with Gasteiger partial charge in [-0.1, -0.05) is 12.1 Å². The summed E-state index contributed by atoms with van der Waals surface area (Å²) in [5.41, 5.74) is 6.51. The molecule has 0 amide bonds. The first-order valence-corrected chi connectivity index (χ1v) is 6.59. The summed E-state index contributed by atoms with van der Waals surface area (Å²) in [6, 6.07) is 8.38. The number of fused-ring (bicyclic) bond motifs is 1. The van der Waals surface area contributed by atoms with Crippen LogP contribution in [0, 0.1) is 5.82 Å². The van der Waals surface area contributed by atoms with Gasteiger partial charge >= 0.3 is 0 Å². The molecule has 0 radical (unpaired) electrons. The Morgan fingerprint density at radius 1 is 1.26 bits per heavy atom. The zero-order valence-electron chi connectivity index (χ0n) is 9.93. The number of nitrogen functional groups attached to an aromatic ring is 1. The van der Waals surface area contributed by atoms with Gasteiger partial charge in [-0.25, -0.2) is 9.37 Å². The van der Waals surface area contributed by atoms with Gasteiger partial charge in [0.25, 0.3) is 0 Å². The molecule has 0 bridgehead atoms. The molecule has 0 aliphatic carbocycles. The predicted molar refractivity (Wildman–Crippen MR) is 75.6 cm³/mol. The van der Waals surface area contributed by atoms with Gasteiger partial charge in [0.2, 0.25) is 5.95 Å². The molecule has 19 heavy (non-hydrogen) atoms. The molecule has 2 aromatic heterocycles. The standard InChI is InChI=1S/C13H11FN4S/c14-9-3-1-2-8(6-9)7-16-11-10-4-5-19-12(10)18-13(15)17-11/h1-6H,7H2,(H3,15,16,17,18). The molecule has 0 fully saturated rings. The summed E-state index contributed by atoms with van der Waals surface area (Å²) in [6.45, 7) is 0.485. The summed E-state index contributed by atoms with van der Waals surface area (Å²) in [5, 5.41) is 6.03. The second-order valence-electron chi connectivity index (χ2n) is 4.05. The van der Waals surface area contributed by atoms with Gasteiger partial charge < -0.3 is 11.1 Å². The van der Waals surface area contributed by atoms with E-state index >= 15 is 0 Å². The summed E-state index contributed by atoms with van der Waals surface area (Å²) >= 11 is 1.51. The van der Waals surface area contributed by atoms with Gasteiger partial charge in [0.05, 0.1) is 5.39 Å². The molecule has 6 heteroatoms. The summed E-state index contributed by atoms with van der Waals surface area (Å²) < 4.78 is 13.1. The lowest BCUT2D eigenvalue weighted by molar-refractivity contribution is 0.626. The fourth-order valence-corrected chi connectivity index (χ4v) is 2.61. The number of nitrogens with two attached hydrogens (primary N) is 1. The highest BCUT2D eigenvalue weighted by molar-refractivity contribution is 7.16. The lowest BCUT2D eigenvalue weighted by atomic mass is 10.2. The molecule has 4 nitrogen and oxygen atoms in total. The third-order valence-electron chi connectivity index (χ3n) is 2.69. The van der Waals surface area contributed by atoms with Crippen LogP contribution in [0.15, 0.2) is 35.7 Å². The van der Waals surface area contributed by atoms with Gasteiger partial charge in [-0.05, 0) is 29.1 Å². The van der Waals surface area contributed by atoms with Crippen molar-refractivity contribution in [2.24, 2.45) is 0 Å². The molecule has 3 N–H and O–H groups in total. The van der Waals surface area contributed by atoms with Crippen LogP contribution in [0.5, 0.6) is 0 Å². The maximum atomic E-state index is 13.1. The molecule has 1 aromatic carbocycles. The van der Waals surface area contributed by atoms with Crippen LogP contribution in [0.2, 0.25) is 0 Å². The van der Waals surface area contributed by atoms with Crippen molar-refractivity contribution in [3.8, 4) is 0 Å². The minimum atomic E-state index is -0.248. The molecule has 0 spiro atoms. The van der Waals surface area contributed by atoms with E-state index in [2.05, 4.69) is 15.3 Å². The van der Waals surface area contributed by atoms with Crippen LogP contribution in [0.3, 0.4) is 0 Å².